The molecule has 3 heterocycles. The van der Waals surface area contributed by atoms with Gasteiger partial charge in [0.2, 0.25) is 0 Å². The molecule has 0 bridgehead atoms. The van der Waals surface area contributed by atoms with Gasteiger partial charge < -0.3 is 24.3 Å². The van der Waals surface area contributed by atoms with Gasteiger partial charge in [-0.05, 0) is 55.4 Å². The predicted molar refractivity (Wildman–Crippen MR) is 141 cm³/mol. The van der Waals surface area contributed by atoms with Crippen LogP contribution in [0.1, 0.15) is 24.5 Å². The summed E-state index contributed by atoms with van der Waals surface area (Å²) in [5.41, 5.74) is 1.80. The Morgan fingerprint density at radius 2 is 1.89 bits per heavy atom. The van der Waals surface area contributed by atoms with Crippen molar-refractivity contribution in [1.82, 2.24) is 0 Å². The topological polar surface area (TPSA) is 99.5 Å². The third-order valence-electron chi connectivity index (χ3n) is 7.71. The van der Waals surface area contributed by atoms with Crippen LogP contribution in [0.4, 0.5) is 16.2 Å². The van der Waals surface area contributed by atoms with Gasteiger partial charge in [-0.2, -0.15) is 0 Å². The van der Waals surface area contributed by atoms with E-state index in [9.17, 15) is 19.5 Å². The summed E-state index contributed by atoms with van der Waals surface area (Å²) in [5.74, 6) is -0.422. The van der Waals surface area contributed by atoms with Crippen LogP contribution in [-0.2, 0) is 26.4 Å². The van der Waals surface area contributed by atoms with Crippen LogP contribution in [0.2, 0.25) is 18.6 Å². The van der Waals surface area contributed by atoms with E-state index in [4.69, 9.17) is 9.47 Å². The van der Waals surface area contributed by atoms with Gasteiger partial charge >= 0.3 is 6.09 Å². The average Bonchev–Trinajstić information content (AvgIpc) is 3.44. The fourth-order valence-corrected chi connectivity index (χ4v) is 9.16. The maximum absolute atomic E-state index is 14.2. The van der Waals surface area contributed by atoms with E-state index in [0.29, 0.717) is 26.1 Å². The van der Waals surface area contributed by atoms with Crippen molar-refractivity contribution in [2.45, 2.75) is 50.2 Å². The van der Waals surface area contributed by atoms with Crippen LogP contribution in [0.15, 0.2) is 46.9 Å². The summed E-state index contributed by atoms with van der Waals surface area (Å²) < 4.78 is 12.5. The van der Waals surface area contributed by atoms with Crippen molar-refractivity contribution in [2.75, 3.05) is 29.6 Å². The van der Waals surface area contributed by atoms with Crippen molar-refractivity contribution >= 4 is 47.6 Å². The fraction of sp³-hybridized carbons (Fsp3) is 0.462. The van der Waals surface area contributed by atoms with Gasteiger partial charge in [0.15, 0.2) is 13.9 Å². The maximum Gasteiger partial charge on any atom is 0.414 e. The van der Waals surface area contributed by atoms with Crippen LogP contribution < -0.4 is 9.80 Å². The minimum atomic E-state index is -2.73. The van der Waals surface area contributed by atoms with Crippen molar-refractivity contribution in [3.05, 3.63) is 58.1 Å². The zero-order valence-electron chi connectivity index (χ0n) is 20.6. The van der Waals surface area contributed by atoms with Gasteiger partial charge in [-0.1, -0.05) is 35.0 Å². The molecular formula is C26H31BrN2O6Si. The standard InChI is InChI=1S/C26H31BrN2O6Si/c1-16-23(36(2,3)33)22(10-12-30)35-26(16)20-14-18(27)6-9-21(20)29(24(26)31)15-17-4-7-19(8-5-17)28-11-13-34-25(28)32/h4-9,14,16,22-23,30,33H,10-13,15H2,1-3H3/t16-,22+,23-,26+/m0/s1. The Labute approximate surface area is 220 Å². The number of hydrogen-bond donors (Lipinski definition) is 2. The molecule has 5 rings (SSSR count). The van der Waals surface area contributed by atoms with E-state index in [2.05, 4.69) is 15.9 Å². The molecule has 0 radical (unpaired) electrons. The van der Waals surface area contributed by atoms with Gasteiger partial charge in [-0.3, -0.25) is 9.69 Å². The summed E-state index contributed by atoms with van der Waals surface area (Å²) in [7, 11) is -2.73. The van der Waals surface area contributed by atoms with Crippen LogP contribution in [0.25, 0.3) is 0 Å². The first-order valence-corrected chi connectivity index (χ1v) is 16.1. The number of aliphatic hydroxyl groups excluding tert-OH is 1. The van der Waals surface area contributed by atoms with E-state index < -0.39 is 20.0 Å². The molecule has 3 aliphatic heterocycles. The number of rotatable bonds is 6. The molecule has 8 nitrogen and oxygen atoms in total. The highest BCUT2D eigenvalue weighted by Gasteiger charge is 2.66. The molecule has 1 spiro atoms. The number of anilines is 2. The first-order chi connectivity index (χ1) is 17.1. The number of carbonyl (C=O) groups excluding carboxylic acids is 2. The van der Waals surface area contributed by atoms with E-state index in [1.54, 1.807) is 9.80 Å². The molecule has 4 atom stereocenters. The third kappa shape index (κ3) is 3.99. The monoisotopic (exact) mass is 574 g/mol. The second kappa shape index (κ2) is 9.25. The average molecular weight is 576 g/mol. The summed E-state index contributed by atoms with van der Waals surface area (Å²) in [6, 6.07) is 13.3. The predicted octanol–water partition coefficient (Wildman–Crippen LogP) is 4.13. The fourth-order valence-electron chi connectivity index (χ4n) is 6.20. The number of amides is 2. The number of halogens is 1. The van der Waals surface area contributed by atoms with Crippen LogP contribution in [-0.4, -0.2) is 56.1 Å². The molecule has 192 valence electrons. The zero-order chi connectivity index (χ0) is 25.8. The second-order valence-electron chi connectivity index (χ2n) is 10.4. The van der Waals surface area contributed by atoms with E-state index >= 15 is 0 Å². The Morgan fingerprint density at radius 1 is 1.17 bits per heavy atom. The molecule has 0 unspecified atom stereocenters. The van der Waals surface area contributed by atoms with E-state index in [1.807, 2.05) is 62.5 Å². The van der Waals surface area contributed by atoms with Crippen LogP contribution >= 0.6 is 15.9 Å². The normalized spacial score (nSPS) is 27.8. The quantitative estimate of drug-likeness (QED) is 0.503. The third-order valence-corrected chi connectivity index (χ3v) is 10.7. The number of carbonyl (C=O) groups is 2. The van der Waals surface area contributed by atoms with Crippen molar-refractivity contribution in [1.29, 1.82) is 0 Å². The highest BCUT2D eigenvalue weighted by Crippen LogP contribution is 2.60. The Hall–Kier alpha value is -2.24. The van der Waals surface area contributed by atoms with Gasteiger partial charge in [0.25, 0.3) is 5.91 Å². The highest BCUT2D eigenvalue weighted by molar-refractivity contribution is 9.10. The van der Waals surface area contributed by atoms with E-state index in [0.717, 1.165) is 27.0 Å². The van der Waals surface area contributed by atoms with E-state index in [1.165, 1.54) is 0 Å². The van der Waals surface area contributed by atoms with E-state index in [-0.39, 0.29) is 30.1 Å². The van der Waals surface area contributed by atoms with Gasteiger partial charge in [0, 0.05) is 33.8 Å². The molecule has 0 aliphatic carbocycles. The lowest BCUT2D eigenvalue weighted by Gasteiger charge is -2.32. The first kappa shape index (κ1) is 25.4. The van der Waals surface area contributed by atoms with Crippen LogP contribution in [0.3, 0.4) is 0 Å². The largest absolute Gasteiger partial charge is 0.447 e. The summed E-state index contributed by atoms with van der Waals surface area (Å²) in [6.07, 6.45) is -0.398. The van der Waals surface area contributed by atoms with Crippen molar-refractivity contribution in [2.24, 2.45) is 5.92 Å². The molecule has 2 N–H and O–H groups in total. The van der Waals surface area contributed by atoms with Gasteiger partial charge in [-0.25, -0.2) is 4.79 Å². The number of benzene rings is 2. The Balaban J connectivity index is 1.50. The van der Waals surface area contributed by atoms with Crippen molar-refractivity contribution < 1.29 is 29.0 Å². The lowest BCUT2D eigenvalue weighted by atomic mass is 9.82. The number of aliphatic hydroxyl groups is 1. The number of fused-ring (bicyclic) bond motifs is 2. The molecule has 2 fully saturated rings. The molecule has 3 aliphatic rings. The molecule has 2 aromatic rings. The number of nitrogens with zero attached hydrogens (tertiary/aromatic N) is 2. The number of hydrogen-bond acceptors (Lipinski definition) is 6. The molecular weight excluding hydrogens is 544 g/mol. The molecule has 10 heteroatoms. The summed E-state index contributed by atoms with van der Waals surface area (Å²) in [4.78, 5) is 40.6. The summed E-state index contributed by atoms with van der Waals surface area (Å²) in [6.45, 7) is 6.89. The minimum Gasteiger partial charge on any atom is -0.447 e. The van der Waals surface area contributed by atoms with Crippen LogP contribution in [0, 0.1) is 5.92 Å². The molecule has 0 aromatic heterocycles. The Bertz CT molecular complexity index is 1190. The second-order valence-corrected chi connectivity index (χ2v) is 15.2. The van der Waals surface area contributed by atoms with Crippen molar-refractivity contribution in [3.63, 3.8) is 0 Å². The zero-order valence-corrected chi connectivity index (χ0v) is 23.2. The molecule has 2 aromatic carbocycles. The summed E-state index contributed by atoms with van der Waals surface area (Å²) in [5, 5.41) is 9.72. The minimum absolute atomic E-state index is 0.0748. The Morgan fingerprint density at radius 3 is 2.50 bits per heavy atom. The lowest BCUT2D eigenvalue weighted by Crippen LogP contribution is -2.46. The summed E-state index contributed by atoms with van der Waals surface area (Å²) >= 11 is 3.56. The molecule has 2 saturated heterocycles. The first-order valence-electron chi connectivity index (χ1n) is 12.2. The lowest BCUT2D eigenvalue weighted by molar-refractivity contribution is -0.146. The number of cyclic esters (lactones) is 1. The van der Waals surface area contributed by atoms with Gasteiger partial charge in [-0.15, -0.1) is 0 Å². The molecule has 2 amide bonds. The van der Waals surface area contributed by atoms with Gasteiger partial charge in [0.05, 0.1) is 24.9 Å². The SMILES string of the molecule is C[C@H]1[C@H]([Si](C)(C)O)[C@@H](CCO)O[C@]12C(=O)N(Cc1ccc(N3CCOC3=O)cc1)c1ccc(Br)cc12. The molecule has 36 heavy (non-hydrogen) atoms. The van der Waals surface area contributed by atoms with Gasteiger partial charge in [0.1, 0.15) is 6.61 Å². The van der Waals surface area contributed by atoms with Crippen molar-refractivity contribution in [3.8, 4) is 0 Å². The highest BCUT2D eigenvalue weighted by atomic mass is 79.9. The smallest absolute Gasteiger partial charge is 0.414 e. The molecule has 0 saturated carbocycles. The Kier molecular flexibility index (Phi) is 6.53. The number of ether oxygens (including phenoxy) is 2. The van der Waals surface area contributed by atoms with Crippen LogP contribution in [0.5, 0.6) is 0 Å². The maximum atomic E-state index is 14.2.